The summed E-state index contributed by atoms with van der Waals surface area (Å²) in [5.74, 6) is 0. The third kappa shape index (κ3) is 3.40. The number of hydrogen-bond donors (Lipinski definition) is 0. The normalized spacial score (nSPS) is 12.8. The first-order valence-corrected chi connectivity index (χ1v) is 14.1. The van der Waals surface area contributed by atoms with Crippen LogP contribution in [-0.4, -0.2) is 19.1 Å². The van der Waals surface area contributed by atoms with Crippen LogP contribution < -0.4 is 0 Å². The minimum absolute atomic E-state index is 0.984. The third-order valence-electron chi connectivity index (χ3n) is 8.48. The Morgan fingerprint density at radius 3 is 2.24 bits per heavy atom. The highest BCUT2D eigenvalue weighted by atomic mass is 15.0. The van der Waals surface area contributed by atoms with Crippen molar-refractivity contribution >= 4 is 44.9 Å². The Balaban J connectivity index is 1.46. The lowest BCUT2D eigenvalue weighted by Crippen LogP contribution is -2.07. The van der Waals surface area contributed by atoms with Gasteiger partial charge in [-0.3, -0.25) is 9.97 Å². The molecule has 8 rings (SSSR count). The quantitative estimate of drug-likeness (QED) is 0.229. The molecule has 1 aliphatic carbocycles. The van der Waals surface area contributed by atoms with Crippen LogP contribution in [0, 0.1) is 0 Å². The average molecular weight is 529 g/mol. The van der Waals surface area contributed by atoms with Crippen LogP contribution in [0.3, 0.4) is 0 Å². The second-order valence-electron chi connectivity index (χ2n) is 10.6. The van der Waals surface area contributed by atoms with E-state index in [2.05, 4.69) is 105 Å². The number of hydrogen-bond acceptors (Lipinski definition) is 2. The third-order valence-corrected chi connectivity index (χ3v) is 8.48. The average Bonchev–Trinajstić information content (AvgIpc) is 3.53. The first kappa shape index (κ1) is 23.6. The van der Waals surface area contributed by atoms with E-state index in [0.29, 0.717) is 0 Å². The van der Waals surface area contributed by atoms with E-state index >= 15 is 0 Å². The van der Waals surface area contributed by atoms with E-state index in [-0.39, 0.29) is 0 Å². The zero-order chi connectivity index (χ0) is 27.5. The summed E-state index contributed by atoms with van der Waals surface area (Å²) < 4.78 is 4.70. The van der Waals surface area contributed by atoms with Crippen molar-refractivity contribution in [1.82, 2.24) is 19.1 Å². The van der Waals surface area contributed by atoms with Gasteiger partial charge < -0.3 is 9.13 Å². The van der Waals surface area contributed by atoms with Crippen molar-refractivity contribution in [2.75, 3.05) is 0 Å². The molecule has 0 amide bonds. The van der Waals surface area contributed by atoms with Crippen molar-refractivity contribution in [1.29, 1.82) is 0 Å². The number of aromatic nitrogens is 4. The number of pyridine rings is 2. The number of rotatable bonds is 4. The molecule has 0 atom stereocenters. The van der Waals surface area contributed by atoms with Gasteiger partial charge in [-0.25, -0.2) is 0 Å². The van der Waals surface area contributed by atoms with Crippen LogP contribution >= 0.6 is 0 Å². The Kier molecular flexibility index (Phi) is 5.29. The van der Waals surface area contributed by atoms with Gasteiger partial charge in [0.2, 0.25) is 0 Å². The van der Waals surface area contributed by atoms with Crippen LogP contribution in [0.25, 0.3) is 67.4 Å². The number of allylic oxidation sites excluding steroid dienone is 1. The molecule has 4 aromatic heterocycles. The SMILES string of the molecule is C=Cc1c(/C=C\C)c2cc3c(cc2n1-c1cccnc1)-c1ccc2c4ccccc4n(-c4cccnc4)c2c1CC3. The number of benzene rings is 3. The maximum absolute atomic E-state index is 4.47. The van der Waals surface area contributed by atoms with Gasteiger partial charge in [0.05, 0.1) is 46.0 Å². The van der Waals surface area contributed by atoms with E-state index in [1.807, 2.05) is 43.0 Å². The summed E-state index contributed by atoms with van der Waals surface area (Å²) in [6.07, 6.45) is 15.8. The fourth-order valence-electron chi connectivity index (χ4n) is 6.83. The fraction of sp³-hybridized carbons (Fsp3) is 0.0811. The minimum atomic E-state index is 0.984. The van der Waals surface area contributed by atoms with E-state index in [0.717, 1.165) is 29.9 Å². The first-order valence-electron chi connectivity index (χ1n) is 14.1. The van der Waals surface area contributed by atoms with Gasteiger partial charge in [0.1, 0.15) is 0 Å². The molecule has 0 aliphatic heterocycles. The molecule has 0 bridgehead atoms. The predicted molar refractivity (Wildman–Crippen MR) is 171 cm³/mol. The van der Waals surface area contributed by atoms with Crippen LogP contribution in [-0.2, 0) is 12.8 Å². The lowest BCUT2D eigenvalue weighted by Gasteiger charge is -2.23. The number of fused-ring (bicyclic) bond motifs is 8. The van der Waals surface area contributed by atoms with Gasteiger partial charge in [-0.1, -0.05) is 49.1 Å². The number of para-hydroxylation sites is 1. The van der Waals surface area contributed by atoms with Crippen molar-refractivity contribution in [2.45, 2.75) is 19.8 Å². The van der Waals surface area contributed by atoms with Gasteiger partial charge in [-0.2, -0.15) is 0 Å². The van der Waals surface area contributed by atoms with Crippen LogP contribution in [0.1, 0.15) is 29.3 Å². The molecule has 0 spiro atoms. The predicted octanol–water partition coefficient (Wildman–Crippen LogP) is 8.96. The lowest BCUT2D eigenvalue weighted by molar-refractivity contribution is 0.944. The molecular weight excluding hydrogens is 500 g/mol. The summed E-state index contributed by atoms with van der Waals surface area (Å²) in [4.78, 5) is 8.90. The Morgan fingerprint density at radius 1 is 0.732 bits per heavy atom. The summed E-state index contributed by atoms with van der Waals surface area (Å²) >= 11 is 0. The monoisotopic (exact) mass is 528 g/mol. The van der Waals surface area contributed by atoms with E-state index < -0.39 is 0 Å². The number of nitrogens with zero attached hydrogens (tertiary/aromatic N) is 4. The Labute approximate surface area is 238 Å². The molecule has 4 heteroatoms. The molecule has 0 unspecified atom stereocenters. The topological polar surface area (TPSA) is 35.6 Å². The highest BCUT2D eigenvalue weighted by Gasteiger charge is 2.25. The molecule has 4 nitrogen and oxygen atoms in total. The van der Waals surface area contributed by atoms with Crippen molar-refractivity contribution in [3.63, 3.8) is 0 Å². The van der Waals surface area contributed by atoms with E-state index in [4.69, 9.17) is 0 Å². The summed E-state index contributed by atoms with van der Waals surface area (Å²) in [5, 5.41) is 3.80. The Hall–Kier alpha value is -5.22. The molecule has 7 aromatic rings. The minimum Gasteiger partial charge on any atom is -0.308 e. The molecular formula is C37H28N4. The van der Waals surface area contributed by atoms with E-state index in [9.17, 15) is 0 Å². The lowest BCUT2D eigenvalue weighted by atomic mass is 9.83. The van der Waals surface area contributed by atoms with Crippen molar-refractivity contribution in [3.8, 4) is 22.5 Å². The van der Waals surface area contributed by atoms with E-state index in [1.165, 1.54) is 60.5 Å². The summed E-state index contributed by atoms with van der Waals surface area (Å²) in [7, 11) is 0. The van der Waals surface area contributed by atoms with Crippen molar-refractivity contribution in [3.05, 3.63) is 133 Å². The molecule has 196 valence electrons. The molecule has 0 fully saturated rings. The molecule has 0 saturated heterocycles. The molecule has 41 heavy (non-hydrogen) atoms. The van der Waals surface area contributed by atoms with Gasteiger partial charge >= 0.3 is 0 Å². The van der Waals surface area contributed by atoms with Gasteiger partial charge in [0.15, 0.2) is 0 Å². The van der Waals surface area contributed by atoms with Gasteiger partial charge in [-0.05, 0) is 90.6 Å². The molecule has 4 heterocycles. The van der Waals surface area contributed by atoms with Crippen molar-refractivity contribution in [2.24, 2.45) is 0 Å². The maximum atomic E-state index is 4.47. The maximum Gasteiger partial charge on any atom is 0.0645 e. The standard InChI is InChI=1S/C37H28N4/c1-3-9-28-33-20-24-14-15-30-27(32(24)21-36(33)40(34(28)4-2)25-10-7-18-38-22-25)16-17-31-29-12-5-6-13-35(29)41(37(30)31)26-11-8-19-39-23-26/h3-13,16-23H,2,14-15H2,1H3/b9-3-. The Bertz CT molecular complexity index is 2160. The summed E-state index contributed by atoms with van der Waals surface area (Å²) in [6, 6.07) is 26.4. The second kappa shape index (κ2) is 9.17. The van der Waals surface area contributed by atoms with Crippen molar-refractivity contribution < 1.29 is 0 Å². The van der Waals surface area contributed by atoms with Gasteiger partial charge in [-0.15, -0.1) is 0 Å². The second-order valence-corrected chi connectivity index (χ2v) is 10.6. The van der Waals surface area contributed by atoms with Crippen LogP contribution in [0.2, 0.25) is 0 Å². The highest BCUT2D eigenvalue weighted by Crippen LogP contribution is 2.44. The fourth-order valence-corrected chi connectivity index (χ4v) is 6.83. The van der Waals surface area contributed by atoms with E-state index in [1.54, 1.807) is 0 Å². The zero-order valence-electron chi connectivity index (χ0n) is 22.9. The molecule has 0 N–H and O–H groups in total. The first-order chi connectivity index (χ1) is 20.3. The highest BCUT2D eigenvalue weighted by molar-refractivity contribution is 6.12. The van der Waals surface area contributed by atoms with Crippen LogP contribution in [0.4, 0.5) is 0 Å². The smallest absolute Gasteiger partial charge is 0.0645 e. The van der Waals surface area contributed by atoms with Gasteiger partial charge in [0, 0.05) is 34.1 Å². The largest absolute Gasteiger partial charge is 0.308 e. The summed E-state index contributed by atoms with van der Waals surface area (Å²) in [5.41, 5.74) is 13.5. The van der Waals surface area contributed by atoms with Crippen LogP contribution in [0.15, 0.2) is 110 Å². The van der Waals surface area contributed by atoms with Crippen LogP contribution in [0.5, 0.6) is 0 Å². The zero-order valence-corrected chi connectivity index (χ0v) is 22.9. The molecule has 0 saturated carbocycles. The summed E-state index contributed by atoms with van der Waals surface area (Å²) in [6.45, 7) is 6.27. The molecule has 3 aromatic carbocycles. The molecule has 0 radical (unpaired) electrons. The number of aryl methyl sites for hydroxylation is 2. The van der Waals surface area contributed by atoms with Gasteiger partial charge in [0.25, 0.3) is 0 Å². The molecule has 1 aliphatic rings. The Morgan fingerprint density at radius 2 is 1.51 bits per heavy atom.